The Morgan fingerprint density at radius 1 is 1.18 bits per heavy atom. The molecule has 7 heteroatoms. The predicted octanol–water partition coefficient (Wildman–Crippen LogP) is 4.85. The SMILES string of the molecule is C[C@@H]1C[C@H](N)C[C@H](c2ccncc2NC(=O)c2ccc(F)c3cc(N4CC[C@H]4C)cnc23)C1. The zero-order chi connectivity index (χ0) is 23.1. The van der Waals surface area contributed by atoms with Gasteiger partial charge in [-0.1, -0.05) is 6.92 Å². The maximum Gasteiger partial charge on any atom is 0.257 e. The van der Waals surface area contributed by atoms with Crippen LogP contribution in [0.15, 0.2) is 42.9 Å². The number of hydrogen-bond acceptors (Lipinski definition) is 5. The Labute approximate surface area is 193 Å². The lowest BCUT2D eigenvalue weighted by Crippen LogP contribution is -2.45. The number of nitrogens with zero attached hydrogens (tertiary/aromatic N) is 3. The van der Waals surface area contributed by atoms with Gasteiger partial charge in [0.05, 0.1) is 34.8 Å². The van der Waals surface area contributed by atoms with E-state index in [0.717, 1.165) is 43.5 Å². The summed E-state index contributed by atoms with van der Waals surface area (Å²) in [6.07, 6.45) is 9.21. The van der Waals surface area contributed by atoms with Gasteiger partial charge in [0.15, 0.2) is 0 Å². The minimum atomic E-state index is -0.378. The second-order valence-electron chi connectivity index (χ2n) is 9.70. The molecule has 3 N–H and O–H groups in total. The minimum Gasteiger partial charge on any atom is -0.367 e. The van der Waals surface area contributed by atoms with Gasteiger partial charge in [0, 0.05) is 30.2 Å². The first-order chi connectivity index (χ1) is 15.9. The maximum atomic E-state index is 14.7. The van der Waals surface area contributed by atoms with Crippen LogP contribution in [0.4, 0.5) is 15.8 Å². The molecule has 1 aliphatic heterocycles. The third-order valence-corrected chi connectivity index (χ3v) is 7.20. The van der Waals surface area contributed by atoms with Crippen LogP contribution in [0, 0.1) is 11.7 Å². The van der Waals surface area contributed by atoms with Crippen molar-refractivity contribution >= 4 is 28.2 Å². The van der Waals surface area contributed by atoms with Crippen LogP contribution < -0.4 is 16.0 Å². The van der Waals surface area contributed by atoms with Gasteiger partial charge in [0.2, 0.25) is 0 Å². The fourth-order valence-electron chi connectivity index (χ4n) is 5.38. The van der Waals surface area contributed by atoms with Gasteiger partial charge in [-0.3, -0.25) is 14.8 Å². The topological polar surface area (TPSA) is 84.1 Å². The Bertz CT molecular complexity index is 1190. The first kappa shape index (κ1) is 21.8. The lowest BCUT2D eigenvalue weighted by Gasteiger charge is -2.40. The largest absolute Gasteiger partial charge is 0.367 e. The first-order valence-electron chi connectivity index (χ1n) is 11.8. The molecule has 1 amide bonds. The van der Waals surface area contributed by atoms with E-state index >= 15 is 0 Å². The maximum absolute atomic E-state index is 14.7. The van der Waals surface area contributed by atoms with Crippen LogP contribution >= 0.6 is 0 Å². The molecule has 2 aromatic heterocycles. The van der Waals surface area contributed by atoms with Crippen LogP contribution in [-0.4, -0.2) is 34.5 Å². The molecule has 0 unspecified atom stereocenters. The molecule has 172 valence electrons. The molecule has 6 nitrogen and oxygen atoms in total. The Hall–Kier alpha value is -3.06. The van der Waals surface area contributed by atoms with Crippen molar-refractivity contribution in [1.82, 2.24) is 9.97 Å². The van der Waals surface area contributed by atoms with Gasteiger partial charge in [0.1, 0.15) is 5.82 Å². The number of anilines is 2. The number of amides is 1. The smallest absolute Gasteiger partial charge is 0.257 e. The molecule has 2 aliphatic rings. The normalized spacial score (nSPS) is 25.0. The van der Waals surface area contributed by atoms with E-state index in [1.807, 2.05) is 6.07 Å². The number of aromatic nitrogens is 2. The van der Waals surface area contributed by atoms with Crippen LogP contribution in [0.1, 0.15) is 61.4 Å². The van der Waals surface area contributed by atoms with Crippen molar-refractivity contribution in [2.45, 2.75) is 57.5 Å². The second-order valence-corrected chi connectivity index (χ2v) is 9.70. The average Bonchev–Trinajstić information content (AvgIpc) is 2.78. The molecule has 1 saturated heterocycles. The molecule has 0 radical (unpaired) electrons. The van der Waals surface area contributed by atoms with E-state index in [4.69, 9.17) is 5.73 Å². The van der Waals surface area contributed by atoms with Crippen LogP contribution in [0.3, 0.4) is 0 Å². The average molecular weight is 448 g/mol. The lowest BCUT2D eigenvalue weighted by atomic mass is 9.76. The minimum absolute atomic E-state index is 0.157. The van der Waals surface area contributed by atoms with E-state index in [2.05, 4.69) is 34.0 Å². The van der Waals surface area contributed by atoms with Gasteiger partial charge >= 0.3 is 0 Å². The standard InChI is InChI=1S/C26H30FN5O/c1-15-9-17(11-18(28)10-15)20-5-7-29-14-24(20)31-26(33)21-3-4-23(27)22-12-19(13-30-25(21)22)32-8-6-16(32)2/h3-5,7,12-18H,6,8-11,28H2,1-2H3,(H,31,33)/t15-,16+,17+,18-/m0/s1. The van der Waals surface area contributed by atoms with Crippen molar-refractivity contribution in [3.8, 4) is 0 Å². The highest BCUT2D eigenvalue weighted by Crippen LogP contribution is 2.38. The second kappa shape index (κ2) is 8.71. The highest BCUT2D eigenvalue weighted by atomic mass is 19.1. The summed E-state index contributed by atoms with van der Waals surface area (Å²) >= 11 is 0. The molecule has 3 aromatic rings. The van der Waals surface area contributed by atoms with E-state index in [1.165, 1.54) is 12.1 Å². The number of carbonyl (C=O) groups excluding carboxylic acids is 1. The quantitative estimate of drug-likeness (QED) is 0.597. The van der Waals surface area contributed by atoms with Gasteiger partial charge < -0.3 is 16.0 Å². The highest BCUT2D eigenvalue weighted by molar-refractivity contribution is 6.12. The Kier molecular flexibility index (Phi) is 5.74. The highest BCUT2D eigenvalue weighted by Gasteiger charge is 2.28. The van der Waals surface area contributed by atoms with Crippen molar-refractivity contribution in [1.29, 1.82) is 0 Å². The Balaban J connectivity index is 1.45. The summed E-state index contributed by atoms with van der Waals surface area (Å²) in [7, 11) is 0. The molecule has 33 heavy (non-hydrogen) atoms. The number of nitrogens with one attached hydrogen (secondary N) is 1. The van der Waals surface area contributed by atoms with Crippen molar-refractivity contribution < 1.29 is 9.18 Å². The van der Waals surface area contributed by atoms with Crippen molar-refractivity contribution in [3.05, 3.63) is 59.8 Å². The molecule has 2 fully saturated rings. The molecule has 4 atom stereocenters. The Morgan fingerprint density at radius 2 is 2.03 bits per heavy atom. The summed E-state index contributed by atoms with van der Waals surface area (Å²) in [5.74, 6) is 0.103. The molecule has 0 spiro atoms. The number of halogens is 1. The molecule has 3 heterocycles. The third kappa shape index (κ3) is 4.17. The van der Waals surface area contributed by atoms with E-state index in [1.54, 1.807) is 24.7 Å². The summed E-state index contributed by atoms with van der Waals surface area (Å²) in [6, 6.07) is 7.17. The van der Waals surface area contributed by atoms with Crippen LogP contribution in [-0.2, 0) is 0 Å². The molecule has 1 aromatic carbocycles. The zero-order valence-corrected chi connectivity index (χ0v) is 19.1. The number of rotatable bonds is 4. The molecular weight excluding hydrogens is 417 g/mol. The fraction of sp³-hybridized carbons (Fsp3) is 0.423. The number of nitrogens with two attached hydrogens (primary N) is 1. The molecule has 5 rings (SSSR count). The number of benzene rings is 1. The molecule has 0 bridgehead atoms. The van der Waals surface area contributed by atoms with E-state index in [-0.39, 0.29) is 23.7 Å². The van der Waals surface area contributed by atoms with Crippen LogP contribution in [0.5, 0.6) is 0 Å². The van der Waals surface area contributed by atoms with Crippen molar-refractivity contribution in [3.63, 3.8) is 0 Å². The van der Waals surface area contributed by atoms with Crippen LogP contribution in [0.25, 0.3) is 10.9 Å². The third-order valence-electron chi connectivity index (χ3n) is 7.20. The molecule has 1 aliphatic carbocycles. The predicted molar refractivity (Wildman–Crippen MR) is 129 cm³/mol. The summed E-state index contributed by atoms with van der Waals surface area (Å²) < 4.78 is 14.7. The monoisotopic (exact) mass is 447 g/mol. The first-order valence-corrected chi connectivity index (χ1v) is 11.8. The summed E-state index contributed by atoms with van der Waals surface area (Å²) in [5.41, 5.74) is 9.60. The van der Waals surface area contributed by atoms with Crippen molar-refractivity contribution in [2.24, 2.45) is 11.7 Å². The van der Waals surface area contributed by atoms with Gasteiger partial charge in [0.25, 0.3) is 5.91 Å². The summed E-state index contributed by atoms with van der Waals surface area (Å²) in [4.78, 5) is 24.2. The molecular formula is C26H30FN5O. The number of hydrogen-bond donors (Lipinski definition) is 2. The number of pyridine rings is 2. The Morgan fingerprint density at radius 3 is 2.76 bits per heavy atom. The summed E-state index contributed by atoms with van der Waals surface area (Å²) in [6.45, 7) is 5.29. The van der Waals surface area contributed by atoms with Gasteiger partial charge in [-0.05, 0) is 74.3 Å². The van der Waals surface area contributed by atoms with E-state index in [0.29, 0.717) is 34.1 Å². The zero-order valence-electron chi connectivity index (χ0n) is 19.1. The molecule has 1 saturated carbocycles. The number of carbonyl (C=O) groups is 1. The van der Waals surface area contributed by atoms with Crippen molar-refractivity contribution in [2.75, 3.05) is 16.8 Å². The van der Waals surface area contributed by atoms with E-state index < -0.39 is 0 Å². The van der Waals surface area contributed by atoms with Gasteiger partial charge in [-0.2, -0.15) is 0 Å². The van der Waals surface area contributed by atoms with Crippen LogP contribution in [0.2, 0.25) is 0 Å². The lowest BCUT2D eigenvalue weighted by molar-refractivity contribution is 0.102. The fourth-order valence-corrected chi connectivity index (χ4v) is 5.38. The summed E-state index contributed by atoms with van der Waals surface area (Å²) in [5, 5.41) is 3.38. The van der Waals surface area contributed by atoms with Gasteiger partial charge in [-0.25, -0.2) is 4.39 Å². The van der Waals surface area contributed by atoms with Gasteiger partial charge in [-0.15, -0.1) is 0 Å². The number of fused-ring (bicyclic) bond motifs is 1. The van der Waals surface area contributed by atoms with E-state index in [9.17, 15) is 9.18 Å².